The number of benzene rings is 1. The summed E-state index contributed by atoms with van der Waals surface area (Å²) in [4.78, 5) is 14.7. The van der Waals surface area contributed by atoms with Crippen LogP contribution in [0.5, 0.6) is 0 Å². The molecule has 5 nitrogen and oxygen atoms in total. The predicted molar refractivity (Wildman–Crippen MR) is 89.1 cm³/mol. The van der Waals surface area contributed by atoms with Gasteiger partial charge in [-0.25, -0.2) is 17.1 Å². The van der Waals surface area contributed by atoms with E-state index >= 15 is 0 Å². The highest BCUT2D eigenvalue weighted by atomic mass is 32.2. The summed E-state index contributed by atoms with van der Waals surface area (Å²) in [5.74, 6) is -0.424. The first-order valence-corrected chi connectivity index (χ1v) is 10.2. The van der Waals surface area contributed by atoms with Crippen LogP contribution in [0.3, 0.4) is 0 Å². The average Bonchev–Trinajstić information content (AvgIpc) is 3.37. The van der Waals surface area contributed by atoms with Crippen LogP contribution >= 0.6 is 0 Å². The standard InChI is InChI=1S/C17H23FN2O3S/c1-24(22,23)19-10-8-13(9-11-19)17(21)20(15-6-7-15)12-14-4-2-3-5-16(14)18/h2-5,13,15H,6-12H2,1H3. The van der Waals surface area contributed by atoms with Gasteiger partial charge in [0, 0.05) is 37.2 Å². The molecule has 0 N–H and O–H groups in total. The maximum atomic E-state index is 13.9. The first-order chi connectivity index (χ1) is 11.4. The van der Waals surface area contributed by atoms with E-state index in [0.717, 1.165) is 12.8 Å². The molecule has 3 rings (SSSR count). The maximum Gasteiger partial charge on any atom is 0.226 e. The van der Waals surface area contributed by atoms with Gasteiger partial charge >= 0.3 is 0 Å². The van der Waals surface area contributed by atoms with Crippen molar-refractivity contribution in [1.29, 1.82) is 0 Å². The maximum absolute atomic E-state index is 13.9. The Hall–Kier alpha value is -1.47. The Labute approximate surface area is 142 Å². The summed E-state index contributed by atoms with van der Waals surface area (Å²) in [5, 5.41) is 0. The summed E-state index contributed by atoms with van der Waals surface area (Å²) in [7, 11) is -3.19. The number of halogens is 1. The lowest BCUT2D eigenvalue weighted by Gasteiger charge is -2.33. The van der Waals surface area contributed by atoms with Gasteiger partial charge in [-0.05, 0) is 31.7 Å². The molecule has 0 radical (unpaired) electrons. The number of amides is 1. The summed E-state index contributed by atoms with van der Waals surface area (Å²) in [6.45, 7) is 1.06. The third kappa shape index (κ3) is 3.95. The minimum Gasteiger partial charge on any atom is -0.335 e. The van der Waals surface area contributed by atoms with Crippen molar-refractivity contribution in [1.82, 2.24) is 9.21 Å². The zero-order valence-electron chi connectivity index (χ0n) is 13.8. The predicted octanol–water partition coefficient (Wildman–Crippen LogP) is 1.99. The van der Waals surface area contributed by atoms with Gasteiger partial charge in [-0.15, -0.1) is 0 Å². The molecular formula is C17H23FN2O3S. The molecule has 1 heterocycles. The minimum atomic E-state index is -3.19. The van der Waals surface area contributed by atoms with Crippen LogP contribution in [-0.4, -0.2) is 48.9 Å². The molecule has 0 unspecified atom stereocenters. The number of carbonyl (C=O) groups excluding carboxylic acids is 1. The second kappa shape index (κ2) is 6.80. The first-order valence-electron chi connectivity index (χ1n) is 8.35. The van der Waals surface area contributed by atoms with Crippen molar-refractivity contribution >= 4 is 15.9 Å². The number of hydrogen-bond donors (Lipinski definition) is 0. The fourth-order valence-corrected chi connectivity index (χ4v) is 4.13. The zero-order chi connectivity index (χ0) is 17.3. The van der Waals surface area contributed by atoms with Crippen molar-refractivity contribution < 1.29 is 17.6 Å². The molecule has 1 aliphatic heterocycles. The molecule has 132 valence electrons. The van der Waals surface area contributed by atoms with Crippen LogP contribution in [-0.2, 0) is 21.4 Å². The second-order valence-corrected chi connectivity index (χ2v) is 8.71. The van der Waals surface area contributed by atoms with Gasteiger partial charge in [0.1, 0.15) is 5.82 Å². The molecule has 2 aliphatic rings. The molecule has 24 heavy (non-hydrogen) atoms. The summed E-state index contributed by atoms with van der Waals surface area (Å²) in [5.41, 5.74) is 0.534. The Balaban J connectivity index is 1.67. The average molecular weight is 354 g/mol. The third-order valence-electron chi connectivity index (χ3n) is 4.84. The smallest absolute Gasteiger partial charge is 0.226 e. The van der Waals surface area contributed by atoms with Crippen LogP contribution in [0.2, 0.25) is 0 Å². The van der Waals surface area contributed by atoms with Crippen molar-refractivity contribution in [3.05, 3.63) is 35.6 Å². The number of carbonyl (C=O) groups is 1. The summed E-state index contributed by atoms with van der Waals surface area (Å²) >= 11 is 0. The lowest BCUT2D eigenvalue weighted by atomic mass is 9.96. The van der Waals surface area contributed by atoms with E-state index in [9.17, 15) is 17.6 Å². The van der Waals surface area contributed by atoms with E-state index < -0.39 is 10.0 Å². The highest BCUT2D eigenvalue weighted by Gasteiger charge is 2.38. The number of piperidine rings is 1. The third-order valence-corrected chi connectivity index (χ3v) is 6.14. The first kappa shape index (κ1) is 17.4. The van der Waals surface area contributed by atoms with Gasteiger partial charge in [0.25, 0.3) is 0 Å². The van der Waals surface area contributed by atoms with Crippen molar-refractivity contribution in [2.24, 2.45) is 5.92 Å². The molecular weight excluding hydrogens is 331 g/mol. The van der Waals surface area contributed by atoms with Crippen molar-refractivity contribution in [3.63, 3.8) is 0 Å². The van der Waals surface area contributed by atoms with Gasteiger partial charge < -0.3 is 4.90 Å². The fraction of sp³-hybridized carbons (Fsp3) is 0.588. The van der Waals surface area contributed by atoms with Gasteiger partial charge in [0.2, 0.25) is 15.9 Å². The Morgan fingerprint density at radius 3 is 2.38 bits per heavy atom. The number of sulfonamides is 1. The van der Waals surface area contributed by atoms with Gasteiger partial charge in [0.15, 0.2) is 0 Å². The molecule has 0 bridgehead atoms. The van der Waals surface area contributed by atoms with Crippen LogP contribution in [0.25, 0.3) is 0 Å². The second-order valence-electron chi connectivity index (χ2n) is 6.73. The van der Waals surface area contributed by atoms with E-state index in [0.29, 0.717) is 38.0 Å². The molecule has 1 aliphatic carbocycles. The highest BCUT2D eigenvalue weighted by Crippen LogP contribution is 2.32. The molecule has 1 saturated heterocycles. The topological polar surface area (TPSA) is 57.7 Å². The van der Waals surface area contributed by atoms with Crippen LogP contribution in [0, 0.1) is 11.7 Å². The lowest BCUT2D eigenvalue weighted by molar-refractivity contribution is -0.138. The van der Waals surface area contributed by atoms with Gasteiger partial charge in [-0.2, -0.15) is 0 Å². The van der Waals surface area contributed by atoms with Crippen LogP contribution in [0.4, 0.5) is 4.39 Å². The summed E-state index contributed by atoms with van der Waals surface area (Å²) in [6, 6.07) is 6.74. The molecule has 0 aromatic heterocycles. The molecule has 0 atom stereocenters. The van der Waals surface area contributed by atoms with Crippen molar-refractivity contribution in [3.8, 4) is 0 Å². The molecule has 1 aromatic carbocycles. The van der Waals surface area contributed by atoms with Gasteiger partial charge in [-0.1, -0.05) is 18.2 Å². The molecule has 2 fully saturated rings. The zero-order valence-corrected chi connectivity index (χ0v) is 14.6. The summed E-state index contributed by atoms with van der Waals surface area (Å²) in [6.07, 6.45) is 4.19. The van der Waals surface area contributed by atoms with Crippen LogP contribution < -0.4 is 0 Å². The number of hydrogen-bond acceptors (Lipinski definition) is 3. The van der Waals surface area contributed by atoms with Gasteiger partial charge in [0.05, 0.1) is 6.26 Å². The van der Waals surface area contributed by atoms with E-state index in [1.165, 1.54) is 16.6 Å². The summed E-state index contributed by atoms with van der Waals surface area (Å²) < 4.78 is 38.5. The molecule has 7 heteroatoms. The van der Waals surface area contributed by atoms with E-state index in [1.807, 2.05) is 0 Å². The molecule has 0 spiro atoms. The Kier molecular flexibility index (Phi) is 4.92. The Morgan fingerprint density at radius 2 is 1.83 bits per heavy atom. The monoisotopic (exact) mass is 354 g/mol. The SMILES string of the molecule is CS(=O)(=O)N1CCC(C(=O)N(Cc2ccccc2F)C2CC2)CC1. The Morgan fingerprint density at radius 1 is 1.21 bits per heavy atom. The van der Waals surface area contributed by atoms with Crippen molar-refractivity contribution in [2.75, 3.05) is 19.3 Å². The number of nitrogens with zero attached hydrogens (tertiary/aromatic N) is 2. The largest absolute Gasteiger partial charge is 0.335 e. The Bertz CT molecular complexity index is 710. The number of rotatable bonds is 5. The quantitative estimate of drug-likeness (QED) is 0.812. The van der Waals surface area contributed by atoms with E-state index in [2.05, 4.69) is 0 Å². The molecule has 1 saturated carbocycles. The normalized spacial score (nSPS) is 20.1. The van der Waals surface area contributed by atoms with Crippen LogP contribution in [0.1, 0.15) is 31.2 Å². The van der Waals surface area contributed by atoms with E-state index in [-0.39, 0.29) is 23.7 Å². The fourth-order valence-electron chi connectivity index (χ4n) is 3.25. The molecule has 1 aromatic rings. The lowest BCUT2D eigenvalue weighted by Crippen LogP contribution is -2.44. The van der Waals surface area contributed by atoms with E-state index in [1.54, 1.807) is 23.1 Å². The minimum absolute atomic E-state index is 0.0360. The van der Waals surface area contributed by atoms with E-state index in [4.69, 9.17) is 0 Å². The van der Waals surface area contributed by atoms with Crippen LogP contribution in [0.15, 0.2) is 24.3 Å². The van der Waals surface area contributed by atoms with Gasteiger partial charge in [-0.3, -0.25) is 4.79 Å². The highest BCUT2D eigenvalue weighted by molar-refractivity contribution is 7.88. The molecule has 1 amide bonds. The van der Waals surface area contributed by atoms with Crippen molar-refractivity contribution in [2.45, 2.75) is 38.3 Å².